The smallest absolute Gasteiger partial charge is 0.271 e. The monoisotopic (exact) mass is 369 g/mol. The van der Waals surface area contributed by atoms with E-state index in [0.29, 0.717) is 16.4 Å². The summed E-state index contributed by atoms with van der Waals surface area (Å²) in [6.45, 7) is 0. The molecule has 134 valence electrons. The number of carbonyl (C=O) groups is 1. The zero-order valence-electron chi connectivity index (χ0n) is 14.2. The molecule has 2 heterocycles. The van der Waals surface area contributed by atoms with Gasteiger partial charge in [-0.15, -0.1) is 0 Å². The van der Waals surface area contributed by atoms with Crippen molar-refractivity contribution >= 4 is 23.2 Å². The van der Waals surface area contributed by atoms with Gasteiger partial charge in [-0.2, -0.15) is 0 Å². The molecule has 1 amide bonds. The normalized spacial score (nSPS) is 20.5. The molecule has 0 unspecified atom stereocenters. The van der Waals surface area contributed by atoms with Crippen LogP contribution in [0.5, 0.6) is 0 Å². The lowest BCUT2D eigenvalue weighted by Crippen LogP contribution is -2.48. The van der Waals surface area contributed by atoms with Crippen molar-refractivity contribution < 1.29 is 9.90 Å². The number of imidazole rings is 1. The first-order chi connectivity index (χ1) is 12.6. The highest BCUT2D eigenvalue weighted by molar-refractivity contribution is 6.30. The number of nitrogens with one attached hydrogen (secondary N) is 1. The molecule has 4 rings (SSSR count). The van der Waals surface area contributed by atoms with Gasteiger partial charge in [0.15, 0.2) is 0 Å². The van der Waals surface area contributed by atoms with Gasteiger partial charge in [0, 0.05) is 18.4 Å². The van der Waals surface area contributed by atoms with Crippen LogP contribution in [-0.4, -0.2) is 32.5 Å². The van der Waals surface area contributed by atoms with Gasteiger partial charge in [-0.05, 0) is 42.9 Å². The molecule has 0 spiro atoms. The number of rotatable bonds is 5. The van der Waals surface area contributed by atoms with Gasteiger partial charge >= 0.3 is 0 Å². The molecule has 1 saturated carbocycles. The molecule has 6 heteroatoms. The van der Waals surface area contributed by atoms with E-state index in [1.54, 1.807) is 28.9 Å². The lowest BCUT2D eigenvalue weighted by molar-refractivity contribution is 0.0239. The predicted octanol–water partition coefficient (Wildman–Crippen LogP) is 3.10. The number of amides is 1. The number of nitrogens with zero attached hydrogens (tertiary/aromatic N) is 2. The summed E-state index contributed by atoms with van der Waals surface area (Å²) in [5.41, 5.74) is 2.21. The molecule has 1 aliphatic carbocycles. The molecule has 0 radical (unpaired) electrons. The average molecular weight is 370 g/mol. The summed E-state index contributed by atoms with van der Waals surface area (Å²) in [5.74, 6) is 0.0766. The molecule has 3 aromatic rings. The van der Waals surface area contributed by atoms with E-state index < -0.39 is 0 Å². The van der Waals surface area contributed by atoms with E-state index in [0.717, 1.165) is 19.3 Å². The quantitative estimate of drug-likeness (QED) is 0.726. The number of fused-ring (bicyclic) bond motifs is 1. The first kappa shape index (κ1) is 17.1. The van der Waals surface area contributed by atoms with Crippen molar-refractivity contribution in [2.75, 3.05) is 0 Å². The topological polar surface area (TPSA) is 66.6 Å². The molecule has 0 aliphatic heterocycles. The minimum Gasteiger partial charge on any atom is -0.393 e. The molecule has 1 aromatic carbocycles. The second-order valence-corrected chi connectivity index (χ2v) is 7.33. The van der Waals surface area contributed by atoms with Crippen LogP contribution in [0.3, 0.4) is 0 Å². The average Bonchev–Trinajstić information content (AvgIpc) is 3.02. The van der Waals surface area contributed by atoms with E-state index in [2.05, 4.69) is 22.4 Å². The number of pyridine rings is 1. The van der Waals surface area contributed by atoms with Crippen molar-refractivity contribution in [3.63, 3.8) is 0 Å². The Kier molecular flexibility index (Phi) is 4.66. The Morgan fingerprint density at radius 1 is 1.23 bits per heavy atom. The standard InChI is InChI=1S/C20H20ClN3O2/c21-15-6-7-19-22-18(12-24(19)11-15)20(26)23-17(14-9-16(25)10-14)8-13-4-2-1-3-5-13/h1-7,11-12,14,16-17,25H,8-10H2,(H,23,26)/t14?,16?,17-/m0/s1. The molecule has 0 bridgehead atoms. The number of hydrogen-bond donors (Lipinski definition) is 2. The number of hydrogen-bond acceptors (Lipinski definition) is 3. The van der Waals surface area contributed by atoms with Crippen LogP contribution in [0.25, 0.3) is 5.65 Å². The summed E-state index contributed by atoms with van der Waals surface area (Å²) in [6.07, 6.45) is 5.34. The Labute approximate surface area is 156 Å². The maximum atomic E-state index is 12.7. The second kappa shape index (κ2) is 7.09. The Morgan fingerprint density at radius 2 is 2.00 bits per heavy atom. The Bertz CT molecular complexity index is 919. The number of aliphatic hydroxyl groups is 1. The van der Waals surface area contributed by atoms with Gasteiger partial charge in [0.1, 0.15) is 11.3 Å². The van der Waals surface area contributed by atoms with Crippen molar-refractivity contribution in [1.82, 2.24) is 14.7 Å². The van der Waals surface area contributed by atoms with Crippen LogP contribution in [0.4, 0.5) is 0 Å². The molecular weight excluding hydrogens is 350 g/mol. The number of aromatic nitrogens is 2. The summed E-state index contributed by atoms with van der Waals surface area (Å²) >= 11 is 5.99. The highest BCUT2D eigenvalue weighted by Crippen LogP contribution is 2.32. The van der Waals surface area contributed by atoms with E-state index in [4.69, 9.17) is 11.6 Å². The summed E-state index contributed by atoms with van der Waals surface area (Å²) in [6, 6.07) is 13.6. The number of aliphatic hydroxyl groups excluding tert-OH is 1. The maximum absolute atomic E-state index is 12.7. The molecule has 1 fully saturated rings. The number of halogens is 1. The van der Waals surface area contributed by atoms with Gasteiger partial charge in [0.25, 0.3) is 5.91 Å². The first-order valence-electron chi connectivity index (χ1n) is 8.75. The summed E-state index contributed by atoms with van der Waals surface area (Å²) in [5, 5.41) is 13.4. The van der Waals surface area contributed by atoms with Gasteiger partial charge in [0.2, 0.25) is 0 Å². The third-order valence-corrected chi connectivity index (χ3v) is 5.20. The SMILES string of the molecule is O=C(N[C@@H](Cc1ccccc1)C1CC(O)C1)c1cn2cc(Cl)ccc2n1. The maximum Gasteiger partial charge on any atom is 0.271 e. The van der Waals surface area contributed by atoms with Crippen LogP contribution in [0.1, 0.15) is 28.9 Å². The van der Waals surface area contributed by atoms with Crippen LogP contribution < -0.4 is 5.32 Å². The van der Waals surface area contributed by atoms with Crippen LogP contribution in [0.2, 0.25) is 5.02 Å². The fourth-order valence-corrected chi connectivity index (χ4v) is 3.65. The number of carbonyl (C=O) groups excluding carboxylic acids is 1. The fourth-order valence-electron chi connectivity index (χ4n) is 3.48. The van der Waals surface area contributed by atoms with E-state index in [1.807, 2.05) is 18.2 Å². The van der Waals surface area contributed by atoms with Crippen molar-refractivity contribution in [2.24, 2.45) is 5.92 Å². The summed E-state index contributed by atoms with van der Waals surface area (Å²) < 4.78 is 1.75. The Morgan fingerprint density at radius 3 is 2.73 bits per heavy atom. The minimum absolute atomic E-state index is 0.0262. The third kappa shape index (κ3) is 3.59. The van der Waals surface area contributed by atoms with Crippen molar-refractivity contribution in [2.45, 2.75) is 31.4 Å². The van der Waals surface area contributed by atoms with Gasteiger partial charge in [-0.25, -0.2) is 4.98 Å². The van der Waals surface area contributed by atoms with Gasteiger partial charge in [-0.3, -0.25) is 4.79 Å². The fraction of sp³-hybridized carbons (Fsp3) is 0.300. The molecule has 5 nitrogen and oxygen atoms in total. The summed E-state index contributed by atoms with van der Waals surface area (Å²) in [7, 11) is 0. The van der Waals surface area contributed by atoms with Gasteiger partial charge in [-0.1, -0.05) is 41.9 Å². The number of benzene rings is 1. The lowest BCUT2D eigenvalue weighted by atomic mass is 9.75. The predicted molar refractivity (Wildman–Crippen MR) is 100 cm³/mol. The van der Waals surface area contributed by atoms with Crippen molar-refractivity contribution in [3.05, 3.63) is 71.1 Å². The molecule has 1 aliphatic rings. The van der Waals surface area contributed by atoms with Gasteiger partial charge < -0.3 is 14.8 Å². The molecule has 0 saturated heterocycles. The molecule has 2 N–H and O–H groups in total. The largest absolute Gasteiger partial charge is 0.393 e. The van der Waals surface area contributed by atoms with Crippen LogP contribution >= 0.6 is 11.6 Å². The Balaban J connectivity index is 1.52. The lowest BCUT2D eigenvalue weighted by Gasteiger charge is -2.38. The van der Waals surface area contributed by atoms with Crippen molar-refractivity contribution in [1.29, 1.82) is 0 Å². The summed E-state index contributed by atoms with van der Waals surface area (Å²) in [4.78, 5) is 17.1. The first-order valence-corrected chi connectivity index (χ1v) is 9.13. The highest BCUT2D eigenvalue weighted by atomic mass is 35.5. The zero-order valence-corrected chi connectivity index (χ0v) is 14.9. The van der Waals surface area contributed by atoms with E-state index in [1.165, 1.54) is 5.56 Å². The molecule has 2 aromatic heterocycles. The van der Waals surface area contributed by atoms with Crippen LogP contribution in [0, 0.1) is 5.92 Å². The highest BCUT2D eigenvalue weighted by Gasteiger charge is 2.35. The zero-order chi connectivity index (χ0) is 18.1. The van der Waals surface area contributed by atoms with Crippen LogP contribution in [0.15, 0.2) is 54.9 Å². The molecular formula is C20H20ClN3O2. The second-order valence-electron chi connectivity index (χ2n) is 6.89. The Hall–Kier alpha value is -2.37. The van der Waals surface area contributed by atoms with E-state index in [9.17, 15) is 9.90 Å². The minimum atomic E-state index is -0.257. The molecule has 26 heavy (non-hydrogen) atoms. The van der Waals surface area contributed by atoms with Gasteiger partial charge in [0.05, 0.1) is 11.1 Å². The van der Waals surface area contributed by atoms with E-state index in [-0.39, 0.29) is 24.0 Å². The van der Waals surface area contributed by atoms with E-state index >= 15 is 0 Å². The molecule has 1 atom stereocenters. The third-order valence-electron chi connectivity index (χ3n) is 4.98. The van der Waals surface area contributed by atoms with Crippen molar-refractivity contribution in [3.8, 4) is 0 Å². The van der Waals surface area contributed by atoms with Crippen LogP contribution in [-0.2, 0) is 6.42 Å².